The van der Waals surface area contributed by atoms with Crippen LogP contribution in [0, 0.1) is 11.8 Å². The van der Waals surface area contributed by atoms with Crippen LogP contribution in [0.2, 0.25) is 0 Å². The number of hydrogen-bond acceptors (Lipinski definition) is 7. The first-order valence-electron chi connectivity index (χ1n) is 14.9. The molecule has 1 saturated carbocycles. The standard InChI is InChI=1S/C31H31F5N8O/c1-18(42-6-8-43(9-7-42)29(45)23-14-30(23,32)33)19-4-5-37-22(10-19)12-27-40-24-3-2-20(11-26(24)41-27)25-13-28(39-17-38-25)44-15-21(16-44)31(34,35)36/h2-5,10-11,13,17-18,21,23H,6-9,12,14-16H2,1H3,(H,40,41)/t18?,23-/m0/s1. The number of aromatic amines is 1. The molecule has 2 atom stereocenters. The first-order valence-corrected chi connectivity index (χ1v) is 14.9. The fourth-order valence-electron chi connectivity index (χ4n) is 6.12. The minimum absolute atomic E-state index is 0.0537. The second-order valence-corrected chi connectivity index (χ2v) is 12.1. The lowest BCUT2D eigenvalue weighted by Gasteiger charge is -2.40. The summed E-state index contributed by atoms with van der Waals surface area (Å²) in [6.45, 7) is 3.94. The summed E-state index contributed by atoms with van der Waals surface area (Å²) in [6.07, 6.45) is -0.949. The Balaban J connectivity index is 0.996. The molecule has 1 unspecified atom stereocenters. The van der Waals surface area contributed by atoms with Crippen molar-refractivity contribution in [2.75, 3.05) is 44.2 Å². The summed E-state index contributed by atoms with van der Waals surface area (Å²) in [5.74, 6) is -4.58. The van der Waals surface area contributed by atoms with Crippen molar-refractivity contribution >= 4 is 22.8 Å². The van der Waals surface area contributed by atoms with E-state index in [0.29, 0.717) is 44.1 Å². The van der Waals surface area contributed by atoms with Gasteiger partial charge in [0, 0.05) is 81.7 Å². The zero-order valence-electron chi connectivity index (χ0n) is 24.4. The normalized spacial score (nSPS) is 21.2. The maximum Gasteiger partial charge on any atom is 0.395 e. The zero-order chi connectivity index (χ0) is 31.5. The Morgan fingerprint density at radius 3 is 2.51 bits per heavy atom. The largest absolute Gasteiger partial charge is 0.395 e. The number of alkyl halides is 5. The molecule has 2 aliphatic heterocycles. The van der Waals surface area contributed by atoms with Crippen LogP contribution in [0.3, 0.4) is 0 Å². The highest BCUT2D eigenvalue weighted by Gasteiger charge is 2.62. The van der Waals surface area contributed by atoms with Gasteiger partial charge >= 0.3 is 6.18 Å². The fourth-order valence-corrected chi connectivity index (χ4v) is 6.12. The number of piperazine rings is 1. The number of nitrogens with one attached hydrogen (secondary N) is 1. The Morgan fingerprint density at radius 2 is 1.80 bits per heavy atom. The lowest BCUT2D eigenvalue weighted by molar-refractivity contribution is -0.180. The highest BCUT2D eigenvalue weighted by atomic mass is 19.4. The van der Waals surface area contributed by atoms with Crippen molar-refractivity contribution in [2.24, 2.45) is 11.8 Å². The smallest absolute Gasteiger partial charge is 0.355 e. The van der Waals surface area contributed by atoms with E-state index < -0.39 is 29.8 Å². The maximum absolute atomic E-state index is 13.4. The molecule has 3 aromatic heterocycles. The van der Waals surface area contributed by atoms with Gasteiger partial charge in [0.05, 0.1) is 22.6 Å². The molecule has 5 heterocycles. The van der Waals surface area contributed by atoms with Gasteiger partial charge in [-0.1, -0.05) is 6.07 Å². The molecule has 1 amide bonds. The summed E-state index contributed by atoms with van der Waals surface area (Å²) >= 11 is 0. The molecule has 0 spiro atoms. The van der Waals surface area contributed by atoms with Crippen LogP contribution in [0.5, 0.6) is 0 Å². The average Bonchev–Trinajstić information content (AvgIpc) is 3.44. The fraction of sp³-hybridized carbons (Fsp3) is 0.452. The first-order chi connectivity index (χ1) is 21.4. The molecule has 236 valence electrons. The molecule has 1 aromatic carbocycles. The number of H-pyrrole nitrogens is 1. The molecule has 45 heavy (non-hydrogen) atoms. The topological polar surface area (TPSA) is 94.1 Å². The molecule has 0 bridgehead atoms. The van der Waals surface area contributed by atoms with Gasteiger partial charge < -0.3 is 14.8 Å². The van der Waals surface area contributed by atoms with E-state index in [1.807, 2.05) is 30.3 Å². The van der Waals surface area contributed by atoms with E-state index in [1.54, 1.807) is 22.1 Å². The Morgan fingerprint density at radius 1 is 1.04 bits per heavy atom. The van der Waals surface area contributed by atoms with E-state index in [-0.39, 0.29) is 25.6 Å². The number of benzene rings is 1. The summed E-state index contributed by atoms with van der Waals surface area (Å²) in [5.41, 5.74) is 4.85. The number of anilines is 1. The van der Waals surface area contributed by atoms with Crippen LogP contribution in [0.15, 0.2) is 48.9 Å². The van der Waals surface area contributed by atoms with E-state index in [2.05, 4.69) is 31.8 Å². The van der Waals surface area contributed by atoms with Gasteiger partial charge in [0.15, 0.2) is 0 Å². The van der Waals surface area contributed by atoms with E-state index in [0.717, 1.165) is 33.7 Å². The van der Waals surface area contributed by atoms with Crippen LogP contribution in [0.4, 0.5) is 27.8 Å². The van der Waals surface area contributed by atoms with Crippen LogP contribution in [-0.4, -0.2) is 92.0 Å². The highest BCUT2D eigenvalue weighted by Crippen LogP contribution is 2.49. The second-order valence-electron chi connectivity index (χ2n) is 12.1. The lowest BCUT2D eigenvalue weighted by Crippen LogP contribution is -2.53. The number of pyridine rings is 1. The van der Waals surface area contributed by atoms with E-state index in [4.69, 9.17) is 4.98 Å². The van der Waals surface area contributed by atoms with Gasteiger partial charge in [-0.3, -0.25) is 14.7 Å². The molecule has 9 nitrogen and oxygen atoms in total. The van der Waals surface area contributed by atoms with Gasteiger partial charge in [0.1, 0.15) is 23.9 Å². The third-order valence-electron chi connectivity index (χ3n) is 9.12. The predicted octanol–water partition coefficient (Wildman–Crippen LogP) is 4.86. The van der Waals surface area contributed by atoms with Gasteiger partial charge in [0.25, 0.3) is 5.92 Å². The molecule has 14 heteroatoms. The number of imidazole rings is 1. The second kappa shape index (κ2) is 11.0. The number of fused-ring (bicyclic) bond motifs is 1. The number of carbonyl (C=O) groups is 1. The van der Waals surface area contributed by atoms with Crippen LogP contribution in [0.25, 0.3) is 22.3 Å². The molecule has 3 aliphatic rings. The summed E-state index contributed by atoms with van der Waals surface area (Å²) in [5, 5.41) is 0. The summed E-state index contributed by atoms with van der Waals surface area (Å²) in [4.78, 5) is 38.9. The molecule has 1 aliphatic carbocycles. The lowest BCUT2D eigenvalue weighted by atomic mass is 9.99. The SMILES string of the molecule is CC(c1ccnc(Cc2nc3ccc(-c4cc(N5CC(C(F)(F)F)C5)ncn4)cc3[nH]2)c1)N1CCN(C(=O)[C@@H]2CC2(F)F)CC1. The van der Waals surface area contributed by atoms with Crippen molar-refractivity contribution in [1.82, 2.24) is 34.7 Å². The third-order valence-corrected chi connectivity index (χ3v) is 9.12. The van der Waals surface area contributed by atoms with Gasteiger partial charge in [-0.25, -0.2) is 23.7 Å². The number of carbonyl (C=O) groups excluding carboxylic acids is 1. The Labute approximate surface area is 255 Å². The molecule has 3 fully saturated rings. The molecule has 2 saturated heterocycles. The highest BCUT2D eigenvalue weighted by molar-refractivity contribution is 5.83. The molecular formula is C31H31F5N8O. The van der Waals surface area contributed by atoms with Crippen molar-refractivity contribution in [3.8, 4) is 11.3 Å². The molecule has 7 rings (SSSR count). The Bertz CT molecular complexity index is 1730. The third kappa shape index (κ3) is 5.95. The molecule has 1 N–H and O–H groups in total. The van der Waals surface area contributed by atoms with Gasteiger partial charge in [-0.15, -0.1) is 0 Å². The van der Waals surface area contributed by atoms with Gasteiger partial charge in [-0.05, 0) is 36.8 Å². The van der Waals surface area contributed by atoms with Crippen LogP contribution in [0.1, 0.15) is 36.5 Å². The van der Waals surface area contributed by atoms with Crippen LogP contribution >= 0.6 is 0 Å². The van der Waals surface area contributed by atoms with Crippen molar-refractivity contribution in [3.05, 3.63) is 66.0 Å². The van der Waals surface area contributed by atoms with Crippen LogP contribution < -0.4 is 4.90 Å². The van der Waals surface area contributed by atoms with Crippen molar-refractivity contribution in [2.45, 2.75) is 37.9 Å². The van der Waals surface area contributed by atoms with E-state index in [1.165, 1.54) is 6.33 Å². The quantitative estimate of drug-likeness (QED) is 0.293. The van der Waals surface area contributed by atoms with Crippen molar-refractivity contribution < 1.29 is 26.7 Å². The van der Waals surface area contributed by atoms with Crippen LogP contribution in [-0.2, 0) is 11.2 Å². The number of rotatable bonds is 7. The van der Waals surface area contributed by atoms with Crippen molar-refractivity contribution in [1.29, 1.82) is 0 Å². The zero-order valence-corrected chi connectivity index (χ0v) is 24.4. The van der Waals surface area contributed by atoms with E-state index in [9.17, 15) is 26.7 Å². The van der Waals surface area contributed by atoms with Crippen molar-refractivity contribution in [3.63, 3.8) is 0 Å². The minimum atomic E-state index is -4.20. The molecule has 4 aromatic rings. The number of amides is 1. The number of nitrogens with zero attached hydrogens (tertiary/aromatic N) is 7. The predicted molar refractivity (Wildman–Crippen MR) is 156 cm³/mol. The monoisotopic (exact) mass is 626 g/mol. The van der Waals surface area contributed by atoms with E-state index >= 15 is 0 Å². The summed E-state index contributed by atoms with van der Waals surface area (Å²) in [6, 6.07) is 11.4. The Kier molecular flexibility index (Phi) is 7.21. The number of halogens is 5. The minimum Gasteiger partial charge on any atom is -0.355 e. The summed E-state index contributed by atoms with van der Waals surface area (Å²) in [7, 11) is 0. The first kappa shape index (κ1) is 29.5. The van der Waals surface area contributed by atoms with Gasteiger partial charge in [0.2, 0.25) is 5.91 Å². The maximum atomic E-state index is 13.4. The average molecular weight is 627 g/mol. The Hall–Kier alpha value is -4.20. The summed E-state index contributed by atoms with van der Waals surface area (Å²) < 4.78 is 65.5. The van der Waals surface area contributed by atoms with Gasteiger partial charge in [-0.2, -0.15) is 13.2 Å². The number of hydrogen-bond donors (Lipinski definition) is 1. The number of aromatic nitrogens is 5. The molecular weight excluding hydrogens is 595 g/mol. The molecule has 0 radical (unpaired) electrons.